The van der Waals surface area contributed by atoms with E-state index in [9.17, 15) is 24.3 Å². The van der Waals surface area contributed by atoms with Gasteiger partial charge in [0.05, 0.1) is 23.4 Å². The second kappa shape index (κ2) is 5.61. The highest BCUT2D eigenvalue weighted by Crippen LogP contribution is 2.05. The van der Waals surface area contributed by atoms with Crippen LogP contribution in [0, 0.1) is 0 Å². The maximum absolute atomic E-state index is 12.3. The molecule has 0 saturated heterocycles. The van der Waals surface area contributed by atoms with E-state index in [1.165, 1.54) is 13.0 Å². The summed E-state index contributed by atoms with van der Waals surface area (Å²) in [4.78, 5) is 48.8. The van der Waals surface area contributed by atoms with Crippen LogP contribution in [0.15, 0.2) is 33.9 Å². The second-order valence-electron chi connectivity index (χ2n) is 4.42. The highest BCUT2D eigenvalue weighted by atomic mass is 16.4. The van der Waals surface area contributed by atoms with E-state index >= 15 is 0 Å². The molecule has 2 aromatic rings. The Hall–Kier alpha value is -2.90. The highest BCUT2D eigenvalue weighted by molar-refractivity contribution is 5.84. The van der Waals surface area contributed by atoms with Gasteiger partial charge < -0.3 is 20.2 Å². The average molecular weight is 290 g/mol. The third-order valence-corrected chi connectivity index (χ3v) is 3.01. The number of hydrogen-bond donors (Lipinski definition) is 2. The summed E-state index contributed by atoms with van der Waals surface area (Å²) in [6.07, 6.45) is 0. The quantitative estimate of drug-likeness (QED) is 0.681. The van der Waals surface area contributed by atoms with E-state index in [1.54, 1.807) is 18.2 Å². The number of carbonyl (C=O) groups excluding carboxylic acids is 2. The van der Waals surface area contributed by atoms with Gasteiger partial charge in [0, 0.05) is 0 Å². The van der Waals surface area contributed by atoms with Crippen LogP contribution in [0.25, 0.3) is 10.9 Å². The Balaban J connectivity index is 2.46. The van der Waals surface area contributed by atoms with Crippen molar-refractivity contribution in [3.8, 4) is 0 Å². The Labute approximate surface area is 118 Å². The van der Waals surface area contributed by atoms with Crippen LogP contribution in [0.4, 0.5) is 0 Å². The summed E-state index contributed by atoms with van der Waals surface area (Å²) >= 11 is 0. The van der Waals surface area contributed by atoms with E-state index < -0.39 is 35.7 Å². The van der Waals surface area contributed by atoms with E-state index in [-0.39, 0.29) is 5.39 Å². The Morgan fingerprint density at radius 3 is 2.67 bits per heavy atom. The van der Waals surface area contributed by atoms with Crippen molar-refractivity contribution >= 4 is 22.8 Å². The molecule has 0 aliphatic carbocycles. The zero-order chi connectivity index (χ0) is 15.6. The van der Waals surface area contributed by atoms with Gasteiger partial charge >= 0.3 is 5.69 Å². The number of hydrogen-bond acceptors (Lipinski definition) is 5. The lowest BCUT2D eigenvalue weighted by Gasteiger charge is -2.15. The molecule has 1 amide bonds. The Kier molecular flexibility index (Phi) is 3.88. The van der Waals surface area contributed by atoms with Gasteiger partial charge in [-0.3, -0.25) is 9.59 Å². The first kappa shape index (κ1) is 14.5. The number of amides is 1. The van der Waals surface area contributed by atoms with Crippen LogP contribution in [0.1, 0.15) is 13.0 Å². The first-order chi connectivity index (χ1) is 9.91. The molecule has 2 N–H and O–H groups in total. The normalized spacial score (nSPS) is 12.0. The van der Waals surface area contributed by atoms with Crippen molar-refractivity contribution in [2.24, 2.45) is 0 Å². The number of benzene rings is 1. The molecule has 2 rings (SSSR count). The molecule has 0 aliphatic rings. The summed E-state index contributed by atoms with van der Waals surface area (Å²) in [7, 11) is 0. The van der Waals surface area contributed by atoms with Crippen molar-refractivity contribution in [3.63, 3.8) is 0 Å². The van der Waals surface area contributed by atoms with Crippen molar-refractivity contribution in [2.45, 2.75) is 13.0 Å². The molecular formula is C13H12N3O5-. The number of H-pyrrole nitrogens is 1. The number of aromatic nitrogens is 2. The molecular weight excluding hydrogens is 278 g/mol. The maximum Gasteiger partial charge on any atom is 0.329 e. The minimum absolute atomic E-state index is 0.261. The number of para-hydroxylation sites is 1. The van der Waals surface area contributed by atoms with Gasteiger partial charge in [0.15, 0.2) is 0 Å². The van der Waals surface area contributed by atoms with Gasteiger partial charge in [-0.15, -0.1) is 0 Å². The summed E-state index contributed by atoms with van der Waals surface area (Å²) < 4.78 is 0.743. The Morgan fingerprint density at radius 1 is 1.33 bits per heavy atom. The predicted octanol–water partition coefficient (Wildman–Crippen LogP) is -1.88. The maximum atomic E-state index is 12.3. The van der Waals surface area contributed by atoms with E-state index in [4.69, 9.17) is 0 Å². The van der Waals surface area contributed by atoms with Gasteiger partial charge in [0.25, 0.3) is 5.56 Å². The van der Waals surface area contributed by atoms with Gasteiger partial charge in [0.2, 0.25) is 5.91 Å². The lowest BCUT2D eigenvalue weighted by molar-refractivity contribution is -0.304. The van der Waals surface area contributed by atoms with E-state index in [0.29, 0.717) is 5.52 Å². The molecule has 1 atom stereocenters. The molecule has 0 saturated carbocycles. The highest BCUT2D eigenvalue weighted by Gasteiger charge is 2.19. The van der Waals surface area contributed by atoms with Crippen LogP contribution in [0.3, 0.4) is 0 Å². The molecule has 8 heteroatoms. The first-order valence-electron chi connectivity index (χ1n) is 6.13. The molecule has 0 spiro atoms. The van der Waals surface area contributed by atoms with Crippen LogP contribution in [0.2, 0.25) is 0 Å². The number of aromatic amines is 1. The molecule has 110 valence electrons. The third-order valence-electron chi connectivity index (χ3n) is 3.01. The number of nitrogens with one attached hydrogen (secondary N) is 2. The standard InChI is InChI=1S/C13H13N3O5/c1-7(11(19)14-6-10(17)18)16-12(20)8-4-2-3-5-9(8)15-13(16)21/h2-5,7H,6H2,1H3,(H,14,19)(H,15,21)(H,17,18)/p-1/t7-/m0/s1. The smallest absolute Gasteiger partial charge is 0.329 e. The van der Waals surface area contributed by atoms with Gasteiger partial charge in [-0.05, 0) is 19.1 Å². The summed E-state index contributed by atoms with van der Waals surface area (Å²) in [5.41, 5.74) is -0.994. The van der Waals surface area contributed by atoms with Gasteiger partial charge in [0.1, 0.15) is 6.04 Å². The van der Waals surface area contributed by atoms with Crippen molar-refractivity contribution in [1.82, 2.24) is 14.9 Å². The molecule has 1 aromatic heterocycles. The molecule has 0 aliphatic heterocycles. The van der Waals surface area contributed by atoms with Gasteiger partial charge in [-0.25, -0.2) is 9.36 Å². The zero-order valence-corrected chi connectivity index (χ0v) is 11.1. The first-order valence-corrected chi connectivity index (χ1v) is 6.13. The molecule has 1 heterocycles. The lowest BCUT2D eigenvalue weighted by Crippen LogP contribution is -2.45. The fourth-order valence-corrected chi connectivity index (χ4v) is 1.95. The molecule has 0 unspecified atom stereocenters. The average Bonchev–Trinajstić information content (AvgIpc) is 2.44. The van der Waals surface area contributed by atoms with Crippen LogP contribution < -0.4 is 21.7 Å². The molecule has 21 heavy (non-hydrogen) atoms. The van der Waals surface area contributed by atoms with Crippen LogP contribution in [-0.4, -0.2) is 28.0 Å². The number of carboxylic acid groups (broad SMARTS) is 1. The SMILES string of the molecule is C[C@@H](C(=O)NCC(=O)[O-])n1c(=O)[nH]c2ccccc2c1=O. The lowest BCUT2D eigenvalue weighted by atomic mass is 10.2. The number of aliphatic carboxylic acids is 1. The Bertz CT molecular complexity index is 820. The molecule has 0 fully saturated rings. The van der Waals surface area contributed by atoms with Crippen LogP contribution in [0.5, 0.6) is 0 Å². The summed E-state index contributed by atoms with van der Waals surface area (Å²) in [5.74, 6) is -2.22. The molecule has 0 bridgehead atoms. The predicted molar refractivity (Wildman–Crippen MR) is 71.6 cm³/mol. The molecule has 8 nitrogen and oxygen atoms in total. The largest absolute Gasteiger partial charge is 0.548 e. The fourth-order valence-electron chi connectivity index (χ4n) is 1.95. The summed E-state index contributed by atoms with van der Waals surface area (Å²) in [6.45, 7) is 0.638. The van der Waals surface area contributed by atoms with E-state index in [1.807, 2.05) is 0 Å². The van der Waals surface area contributed by atoms with Crippen molar-refractivity contribution < 1.29 is 14.7 Å². The minimum Gasteiger partial charge on any atom is -0.548 e. The number of rotatable bonds is 4. The van der Waals surface area contributed by atoms with Crippen LogP contribution >= 0.6 is 0 Å². The zero-order valence-electron chi connectivity index (χ0n) is 11.1. The fraction of sp³-hybridized carbons (Fsp3) is 0.231. The molecule has 0 radical (unpaired) electrons. The summed E-state index contributed by atoms with van der Waals surface area (Å²) in [5, 5.41) is 12.6. The topological polar surface area (TPSA) is 124 Å². The number of fused-ring (bicyclic) bond motifs is 1. The van der Waals surface area contributed by atoms with E-state index in [2.05, 4.69) is 10.3 Å². The molecule has 1 aromatic carbocycles. The van der Waals surface area contributed by atoms with Crippen molar-refractivity contribution in [2.75, 3.05) is 6.54 Å². The number of carboxylic acids is 1. The van der Waals surface area contributed by atoms with Crippen LogP contribution in [-0.2, 0) is 9.59 Å². The van der Waals surface area contributed by atoms with Crippen molar-refractivity contribution in [3.05, 3.63) is 45.1 Å². The van der Waals surface area contributed by atoms with Gasteiger partial charge in [-0.1, -0.05) is 12.1 Å². The van der Waals surface area contributed by atoms with Gasteiger partial charge in [-0.2, -0.15) is 0 Å². The number of nitrogens with zero attached hydrogens (tertiary/aromatic N) is 1. The second-order valence-corrected chi connectivity index (χ2v) is 4.42. The van der Waals surface area contributed by atoms with Crippen molar-refractivity contribution in [1.29, 1.82) is 0 Å². The minimum atomic E-state index is -1.46. The Morgan fingerprint density at radius 2 is 2.00 bits per heavy atom. The summed E-state index contributed by atoms with van der Waals surface area (Å²) in [6, 6.07) is 5.25. The third kappa shape index (κ3) is 2.83. The van der Waals surface area contributed by atoms with E-state index in [0.717, 1.165) is 4.57 Å². The monoisotopic (exact) mass is 290 g/mol. The number of carbonyl (C=O) groups is 2.